The van der Waals surface area contributed by atoms with E-state index in [0.717, 1.165) is 25.0 Å². The molecule has 1 heterocycles. The Morgan fingerprint density at radius 1 is 1.35 bits per heavy atom. The lowest BCUT2D eigenvalue weighted by molar-refractivity contribution is -0.274. The number of carbonyl (C=O) groups is 2. The molecule has 0 aliphatic carbocycles. The minimum atomic E-state index is -4.77. The second kappa shape index (κ2) is 8.93. The van der Waals surface area contributed by atoms with Crippen molar-refractivity contribution in [3.63, 3.8) is 0 Å². The van der Waals surface area contributed by atoms with E-state index >= 15 is 0 Å². The lowest BCUT2D eigenvalue weighted by Gasteiger charge is -2.10. The third kappa shape index (κ3) is 6.58. The Labute approximate surface area is 152 Å². The second-order valence-corrected chi connectivity index (χ2v) is 6.65. The maximum absolute atomic E-state index is 12.1. The Kier molecular flexibility index (Phi) is 6.90. The number of alkyl halides is 3. The molecule has 26 heavy (non-hydrogen) atoms. The molecule has 1 atom stereocenters. The third-order valence-electron chi connectivity index (χ3n) is 3.29. The van der Waals surface area contributed by atoms with Crippen LogP contribution in [0.1, 0.15) is 26.2 Å². The van der Waals surface area contributed by atoms with Gasteiger partial charge in [-0.05, 0) is 30.7 Å². The van der Waals surface area contributed by atoms with Gasteiger partial charge in [-0.1, -0.05) is 25.1 Å². The summed E-state index contributed by atoms with van der Waals surface area (Å²) in [6.45, 7) is 2.65. The average Bonchev–Trinajstić information content (AvgIpc) is 2.88. The Morgan fingerprint density at radius 3 is 2.65 bits per heavy atom. The van der Waals surface area contributed by atoms with E-state index in [-0.39, 0.29) is 18.1 Å². The lowest BCUT2D eigenvalue weighted by Crippen LogP contribution is -2.28. The molecule has 1 aliphatic rings. The molecule has 1 saturated heterocycles. The summed E-state index contributed by atoms with van der Waals surface area (Å²) in [6.07, 6.45) is -2.93. The molecule has 1 fully saturated rings. The first kappa shape index (κ1) is 20.1. The van der Waals surface area contributed by atoms with Crippen molar-refractivity contribution in [3.8, 4) is 5.75 Å². The van der Waals surface area contributed by atoms with Gasteiger partial charge < -0.3 is 15.4 Å². The fourth-order valence-electron chi connectivity index (χ4n) is 2.07. The molecular formula is C16H18F3N3O3S. The maximum Gasteiger partial charge on any atom is 0.573 e. The predicted octanol–water partition coefficient (Wildman–Crippen LogP) is 3.30. The zero-order valence-electron chi connectivity index (χ0n) is 13.9. The van der Waals surface area contributed by atoms with E-state index in [4.69, 9.17) is 0 Å². The molecule has 6 nitrogen and oxygen atoms in total. The van der Waals surface area contributed by atoms with Gasteiger partial charge in [-0.25, -0.2) is 0 Å². The molecule has 2 N–H and O–H groups in total. The summed E-state index contributed by atoms with van der Waals surface area (Å²) in [5, 5.41) is 5.10. The van der Waals surface area contributed by atoms with E-state index in [1.165, 1.54) is 23.9 Å². The van der Waals surface area contributed by atoms with Crippen molar-refractivity contribution in [2.45, 2.75) is 37.8 Å². The summed E-state index contributed by atoms with van der Waals surface area (Å²) in [6, 6.07) is 4.77. The summed E-state index contributed by atoms with van der Waals surface area (Å²) < 4.78 is 40.1. The van der Waals surface area contributed by atoms with Crippen molar-refractivity contribution in [2.24, 2.45) is 4.99 Å². The summed E-state index contributed by atoms with van der Waals surface area (Å²) in [5.74, 6) is -1.08. The number of aliphatic imine (C=N–C) groups is 1. The molecule has 0 saturated carbocycles. The zero-order chi connectivity index (χ0) is 19.2. The number of halogens is 3. The van der Waals surface area contributed by atoms with Gasteiger partial charge in [0.25, 0.3) is 0 Å². The molecule has 142 valence electrons. The normalized spacial score (nSPS) is 18.7. The fourth-order valence-corrected chi connectivity index (χ4v) is 3.07. The number of nitrogens with zero attached hydrogens (tertiary/aromatic N) is 1. The van der Waals surface area contributed by atoms with Crippen LogP contribution >= 0.6 is 11.8 Å². The minimum absolute atomic E-state index is 0.0654. The van der Waals surface area contributed by atoms with Gasteiger partial charge in [0.15, 0.2) is 5.17 Å². The van der Waals surface area contributed by atoms with E-state index in [9.17, 15) is 22.8 Å². The number of hydrogen-bond donors (Lipinski definition) is 2. The monoisotopic (exact) mass is 389 g/mol. The minimum Gasteiger partial charge on any atom is -0.406 e. The van der Waals surface area contributed by atoms with Crippen LogP contribution in [0, 0.1) is 0 Å². The van der Waals surface area contributed by atoms with Gasteiger partial charge in [-0.2, -0.15) is 0 Å². The SMILES string of the molecule is CCCCN=C1NC(=O)[C@@H](CC(=O)Nc2ccc(OC(F)(F)F)cc2)S1. The van der Waals surface area contributed by atoms with Gasteiger partial charge in [0.1, 0.15) is 11.0 Å². The molecule has 2 amide bonds. The summed E-state index contributed by atoms with van der Waals surface area (Å²) >= 11 is 1.20. The number of benzene rings is 1. The largest absolute Gasteiger partial charge is 0.573 e. The van der Waals surface area contributed by atoms with Crippen LogP contribution in [0.25, 0.3) is 0 Å². The van der Waals surface area contributed by atoms with Crippen LogP contribution in [-0.4, -0.2) is 35.1 Å². The Bertz CT molecular complexity index is 678. The average molecular weight is 389 g/mol. The van der Waals surface area contributed by atoms with Crippen LogP contribution < -0.4 is 15.4 Å². The molecule has 0 bridgehead atoms. The topological polar surface area (TPSA) is 79.8 Å². The fraction of sp³-hybridized carbons (Fsp3) is 0.438. The molecule has 0 aromatic heterocycles. The van der Waals surface area contributed by atoms with Crippen molar-refractivity contribution < 1.29 is 27.5 Å². The molecule has 1 aromatic carbocycles. The van der Waals surface area contributed by atoms with Crippen LogP contribution in [0.4, 0.5) is 18.9 Å². The maximum atomic E-state index is 12.1. The number of amidine groups is 1. The number of hydrogen-bond acceptors (Lipinski definition) is 5. The van der Waals surface area contributed by atoms with Gasteiger partial charge in [-0.15, -0.1) is 13.2 Å². The molecule has 10 heteroatoms. The Balaban J connectivity index is 1.85. The van der Waals surface area contributed by atoms with Gasteiger partial charge in [0, 0.05) is 18.7 Å². The van der Waals surface area contributed by atoms with Crippen LogP contribution in [0.15, 0.2) is 29.3 Å². The molecule has 0 spiro atoms. The van der Waals surface area contributed by atoms with E-state index in [1.807, 2.05) is 6.92 Å². The molecule has 2 rings (SSSR count). The van der Waals surface area contributed by atoms with Crippen molar-refractivity contribution in [1.82, 2.24) is 5.32 Å². The predicted molar refractivity (Wildman–Crippen MR) is 93.1 cm³/mol. The molecule has 1 aromatic rings. The van der Waals surface area contributed by atoms with E-state index in [1.54, 1.807) is 0 Å². The van der Waals surface area contributed by atoms with Crippen LogP contribution in [0.2, 0.25) is 0 Å². The number of thioether (sulfide) groups is 1. The number of nitrogens with one attached hydrogen (secondary N) is 2. The Hall–Kier alpha value is -2.23. The van der Waals surface area contributed by atoms with Crippen LogP contribution in [-0.2, 0) is 9.59 Å². The summed E-state index contributed by atoms with van der Waals surface area (Å²) in [4.78, 5) is 28.2. The van der Waals surface area contributed by atoms with Gasteiger partial charge in [0.2, 0.25) is 11.8 Å². The van der Waals surface area contributed by atoms with Crippen molar-refractivity contribution >= 4 is 34.4 Å². The quantitative estimate of drug-likeness (QED) is 0.702. The van der Waals surface area contributed by atoms with Crippen molar-refractivity contribution in [1.29, 1.82) is 0 Å². The van der Waals surface area contributed by atoms with Gasteiger partial charge in [-0.3, -0.25) is 14.6 Å². The molecular weight excluding hydrogens is 371 g/mol. The summed E-state index contributed by atoms with van der Waals surface area (Å²) in [5.41, 5.74) is 0.310. The molecule has 0 radical (unpaired) electrons. The zero-order valence-corrected chi connectivity index (χ0v) is 14.7. The standard InChI is InChI=1S/C16H18F3N3O3S/c1-2-3-8-20-15-22-14(24)12(26-15)9-13(23)21-10-4-6-11(7-5-10)25-16(17,18)19/h4-7,12H,2-3,8-9H2,1H3,(H,21,23)(H,20,22,24)/t12-/m1/s1. The first-order chi connectivity index (χ1) is 12.3. The smallest absolute Gasteiger partial charge is 0.406 e. The number of carbonyl (C=O) groups excluding carboxylic acids is 2. The number of anilines is 1. The summed E-state index contributed by atoms with van der Waals surface area (Å²) in [7, 11) is 0. The first-order valence-electron chi connectivity index (χ1n) is 7.94. The lowest BCUT2D eigenvalue weighted by atomic mass is 10.2. The van der Waals surface area contributed by atoms with Crippen molar-refractivity contribution in [2.75, 3.05) is 11.9 Å². The van der Waals surface area contributed by atoms with E-state index < -0.39 is 17.5 Å². The van der Waals surface area contributed by atoms with Crippen LogP contribution in [0.5, 0.6) is 5.75 Å². The third-order valence-corrected chi connectivity index (χ3v) is 4.41. The number of amides is 2. The highest BCUT2D eigenvalue weighted by atomic mass is 32.2. The highest BCUT2D eigenvalue weighted by Gasteiger charge is 2.32. The highest BCUT2D eigenvalue weighted by molar-refractivity contribution is 8.15. The number of rotatable bonds is 7. The Morgan fingerprint density at radius 2 is 2.04 bits per heavy atom. The molecule has 0 unspecified atom stereocenters. The number of unbranched alkanes of at least 4 members (excludes halogenated alkanes) is 1. The van der Waals surface area contributed by atoms with Crippen molar-refractivity contribution in [3.05, 3.63) is 24.3 Å². The van der Waals surface area contributed by atoms with Crippen LogP contribution in [0.3, 0.4) is 0 Å². The van der Waals surface area contributed by atoms with E-state index in [2.05, 4.69) is 20.4 Å². The number of ether oxygens (including phenoxy) is 1. The first-order valence-corrected chi connectivity index (χ1v) is 8.82. The van der Waals surface area contributed by atoms with Gasteiger partial charge >= 0.3 is 6.36 Å². The molecule has 1 aliphatic heterocycles. The second-order valence-electron chi connectivity index (χ2n) is 5.46. The van der Waals surface area contributed by atoms with Gasteiger partial charge in [0.05, 0.1) is 0 Å². The highest BCUT2D eigenvalue weighted by Crippen LogP contribution is 2.25. The van der Waals surface area contributed by atoms with E-state index in [0.29, 0.717) is 17.4 Å².